The number of nitrogens with one attached hydrogen (secondary N) is 2. The maximum Gasteiger partial charge on any atom is 0.420 e. The van der Waals surface area contributed by atoms with Crippen molar-refractivity contribution < 1.29 is 22.2 Å². The normalized spacial score (nSPS) is 21.4. The highest BCUT2D eigenvalue weighted by Gasteiger charge is 2.40. The minimum absolute atomic E-state index is 0.0197. The van der Waals surface area contributed by atoms with Gasteiger partial charge in [0.05, 0.1) is 43.3 Å². The molecule has 2 saturated carbocycles. The van der Waals surface area contributed by atoms with Crippen LogP contribution in [0.3, 0.4) is 0 Å². The molecule has 8 nitrogen and oxygen atoms in total. The van der Waals surface area contributed by atoms with Crippen molar-refractivity contribution >= 4 is 39.7 Å². The van der Waals surface area contributed by atoms with Crippen LogP contribution < -0.4 is 10.6 Å². The van der Waals surface area contributed by atoms with Gasteiger partial charge in [0.1, 0.15) is 10.4 Å². The van der Waals surface area contributed by atoms with Gasteiger partial charge in [0.25, 0.3) is 5.91 Å². The van der Waals surface area contributed by atoms with Gasteiger partial charge in [-0.2, -0.15) is 13.2 Å². The summed E-state index contributed by atoms with van der Waals surface area (Å²) in [6.45, 7) is 1.91. The zero-order valence-electron chi connectivity index (χ0n) is 20.8. The van der Waals surface area contributed by atoms with Gasteiger partial charge in [0, 0.05) is 37.0 Å². The van der Waals surface area contributed by atoms with E-state index in [0.717, 1.165) is 73.1 Å². The number of carbonyl (C=O) groups is 1. The van der Waals surface area contributed by atoms with Crippen LogP contribution in [0.2, 0.25) is 0 Å². The van der Waals surface area contributed by atoms with E-state index >= 15 is 0 Å². The van der Waals surface area contributed by atoms with E-state index in [4.69, 9.17) is 4.98 Å². The summed E-state index contributed by atoms with van der Waals surface area (Å²) in [5, 5.41) is 6.47. The molecule has 1 atom stereocenters. The molecule has 3 aromatic heterocycles. The Bertz CT molecular complexity index is 1520. The number of halogens is 3. The third-order valence-corrected chi connectivity index (χ3v) is 10.2. The second-order valence-corrected chi connectivity index (χ2v) is 13.0. The van der Waals surface area contributed by atoms with Crippen molar-refractivity contribution in [2.24, 2.45) is 0 Å². The number of hydrogen-bond acceptors (Lipinski definition) is 8. The van der Waals surface area contributed by atoms with Crippen LogP contribution in [0, 0.1) is 0 Å². The fourth-order valence-electron chi connectivity index (χ4n) is 5.20. The highest BCUT2D eigenvalue weighted by Crippen LogP contribution is 2.45. The molecule has 7 rings (SSSR count). The minimum atomic E-state index is -4.71. The van der Waals surface area contributed by atoms with E-state index in [9.17, 15) is 22.2 Å². The third kappa shape index (κ3) is 4.74. The van der Waals surface area contributed by atoms with Crippen LogP contribution in [0.1, 0.15) is 63.8 Å². The summed E-state index contributed by atoms with van der Waals surface area (Å²) in [5.41, 5.74) is 2.35. The number of hydrogen-bond donors (Lipinski definition) is 2. The summed E-state index contributed by atoms with van der Waals surface area (Å²) < 4.78 is 55.2. The zero-order chi connectivity index (χ0) is 26.9. The average molecular weight is 575 g/mol. The molecule has 0 spiro atoms. The van der Waals surface area contributed by atoms with E-state index in [-0.39, 0.29) is 44.0 Å². The van der Waals surface area contributed by atoms with Gasteiger partial charge in [-0.25, -0.2) is 9.97 Å². The van der Waals surface area contributed by atoms with Crippen LogP contribution in [-0.2, 0) is 29.9 Å². The van der Waals surface area contributed by atoms with Crippen molar-refractivity contribution in [1.29, 1.82) is 0 Å². The highest BCUT2D eigenvalue weighted by molar-refractivity contribution is 7.85. The number of rotatable bonds is 5. The van der Waals surface area contributed by atoms with Crippen molar-refractivity contribution in [3.8, 4) is 10.6 Å². The van der Waals surface area contributed by atoms with E-state index in [1.165, 1.54) is 6.07 Å². The highest BCUT2D eigenvalue weighted by atomic mass is 32.2. The van der Waals surface area contributed by atoms with E-state index in [2.05, 4.69) is 20.6 Å². The number of nitrogens with zero attached hydrogens (tertiary/aromatic N) is 4. The number of alkyl halides is 3. The predicted octanol–water partition coefficient (Wildman–Crippen LogP) is 4.61. The second-order valence-electron chi connectivity index (χ2n) is 10.4. The van der Waals surface area contributed by atoms with E-state index in [0.29, 0.717) is 24.7 Å². The lowest BCUT2D eigenvalue weighted by Crippen LogP contribution is -2.33. The standard InChI is InChI=1S/C26H25F3N6O2S2/c27-26(28,29)16-11-31-25(33-17-9-14-5-6-30-12-18(14)32-21(17)13-1-2-13)34-22(16)19-10-20-23(38-19)24(36)35(15-3-4-15)7-8-39(20)37/h9-11,13,15,30H,1-8,12H2,(H,31,33,34). The van der Waals surface area contributed by atoms with Crippen molar-refractivity contribution in [3.63, 3.8) is 0 Å². The molecule has 0 saturated heterocycles. The van der Waals surface area contributed by atoms with Crippen LogP contribution in [-0.4, -0.2) is 54.9 Å². The monoisotopic (exact) mass is 574 g/mol. The fourth-order valence-corrected chi connectivity index (χ4v) is 7.82. The fraction of sp³-hybridized carbons (Fsp3) is 0.462. The summed E-state index contributed by atoms with van der Waals surface area (Å²) in [6.07, 6.45) is 0.679. The Hall–Kier alpha value is -2.90. The van der Waals surface area contributed by atoms with Crippen LogP contribution >= 0.6 is 11.3 Å². The van der Waals surface area contributed by atoms with Gasteiger partial charge in [-0.3, -0.25) is 14.0 Å². The lowest BCUT2D eigenvalue weighted by atomic mass is 10.0. The lowest BCUT2D eigenvalue weighted by molar-refractivity contribution is -0.137. The number of anilines is 2. The van der Waals surface area contributed by atoms with Crippen molar-refractivity contribution in [2.45, 2.75) is 61.7 Å². The number of carbonyl (C=O) groups excluding carboxylic acids is 1. The number of pyridine rings is 1. The number of aromatic nitrogens is 3. The molecule has 2 aliphatic carbocycles. The Morgan fingerprint density at radius 2 is 1.97 bits per heavy atom. The molecule has 5 heterocycles. The maximum atomic E-state index is 14.1. The van der Waals surface area contributed by atoms with Crippen LogP contribution in [0.15, 0.2) is 23.2 Å². The summed E-state index contributed by atoms with van der Waals surface area (Å²) in [6, 6.07) is 3.57. The van der Waals surface area contributed by atoms with Crippen LogP contribution in [0.5, 0.6) is 0 Å². The molecule has 1 amide bonds. The Kier molecular flexibility index (Phi) is 6.01. The Morgan fingerprint density at radius 3 is 2.72 bits per heavy atom. The molecule has 4 aliphatic rings. The van der Waals surface area contributed by atoms with Gasteiger partial charge in [-0.1, -0.05) is 0 Å². The topological polar surface area (TPSA) is 100 Å². The molecular weight excluding hydrogens is 549 g/mol. The molecule has 2 N–H and O–H groups in total. The van der Waals surface area contributed by atoms with Crippen molar-refractivity contribution in [1.82, 2.24) is 25.2 Å². The van der Waals surface area contributed by atoms with E-state index in [1.807, 2.05) is 6.07 Å². The van der Waals surface area contributed by atoms with Gasteiger partial charge < -0.3 is 15.5 Å². The first-order valence-electron chi connectivity index (χ1n) is 13.0. The summed E-state index contributed by atoms with van der Waals surface area (Å²) in [5.74, 6) is 0.321. The molecule has 1 unspecified atom stereocenters. The molecule has 0 radical (unpaired) electrons. The number of thiophene rings is 1. The molecule has 0 bridgehead atoms. The van der Waals surface area contributed by atoms with Crippen LogP contribution in [0.4, 0.5) is 24.8 Å². The zero-order valence-corrected chi connectivity index (χ0v) is 22.4. The molecule has 204 valence electrons. The lowest BCUT2D eigenvalue weighted by Gasteiger charge is -2.20. The maximum absolute atomic E-state index is 14.1. The summed E-state index contributed by atoms with van der Waals surface area (Å²) in [7, 11) is -1.49. The molecule has 39 heavy (non-hydrogen) atoms. The quantitative estimate of drug-likeness (QED) is 0.459. The third-order valence-electron chi connectivity index (χ3n) is 7.53. The summed E-state index contributed by atoms with van der Waals surface area (Å²) >= 11 is 0.923. The Labute approximate surface area is 228 Å². The van der Waals surface area contributed by atoms with Gasteiger partial charge in [0.2, 0.25) is 5.95 Å². The largest absolute Gasteiger partial charge is 0.420 e. The van der Waals surface area contributed by atoms with Crippen molar-refractivity contribution in [2.75, 3.05) is 24.2 Å². The van der Waals surface area contributed by atoms with Gasteiger partial charge in [0.15, 0.2) is 0 Å². The Morgan fingerprint density at radius 1 is 1.15 bits per heavy atom. The first kappa shape index (κ1) is 25.1. The average Bonchev–Trinajstić information content (AvgIpc) is 3.85. The molecule has 3 aromatic rings. The molecule has 13 heteroatoms. The number of fused-ring (bicyclic) bond motifs is 2. The van der Waals surface area contributed by atoms with Gasteiger partial charge in [-0.15, -0.1) is 11.3 Å². The SMILES string of the molecule is O=C1c2sc(-c3nc(Nc4cc5c(nc4C4CC4)CNCC5)ncc3C(F)(F)F)cc2S(=O)CCN1C1CC1. The van der Waals surface area contributed by atoms with E-state index in [1.54, 1.807) is 4.90 Å². The van der Waals surface area contributed by atoms with Gasteiger partial charge >= 0.3 is 6.18 Å². The van der Waals surface area contributed by atoms with Crippen LogP contribution in [0.25, 0.3) is 10.6 Å². The second kappa shape index (κ2) is 9.34. The predicted molar refractivity (Wildman–Crippen MR) is 141 cm³/mol. The van der Waals surface area contributed by atoms with E-state index < -0.39 is 22.5 Å². The number of amides is 1. The Balaban J connectivity index is 1.29. The smallest absolute Gasteiger partial charge is 0.334 e. The van der Waals surface area contributed by atoms with Gasteiger partial charge in [-0.05, 0) is 56.3 Å². The first-order valence-corrected chi connectivity index (χ1v) is 15.2. The molecule has 2 fully saturated rings. The molecular formula is C26H25F3N6O2S2. The minimum Gasteiger partial charge on any atom is -0.334 e. The first-order chi connectivity index (χ1) is 18.8. The molecule has 2 aliphatic heterocycles. The summed E-state index contributed by atoms with van der Waals surface area (Å²) in [4.78, 5) is 28.8. The van der Waals surface area contributed by atoms with Crippen molar-refractivity contribution in [3.05, 3.63) is 45.7 Å². The molecule has 0 aromatic carbocycles.